The number of nitrogens with zero attached hydrogens (tertiary/aromatic N) is 4. The van der Waals surface area contributed by atoms with Gasteiger partial charge in [-0.3, -0.25) is 4.57 Å². The van der Waals surface area contributed by atoms with Gasteiger partial charge in [0, 0.05) is 17.5 Å². The molecule has 0 saturated heterocycles. The number of hydrogen-bond donors (Lipinski definition) is 1. The van der Waals surface area contributed by atoms with Crippen LogP contribution in [0.5, 0.6) is 0 Å². The summed E-state index contributed by atoms with van der Waals surface area (Å²) in [5, 5.41) is 13.7. The van der Waals surface area contributed by atoms with Gasteiger partial charge >= 0.3 is 0 Å². The summed E-state index contributed by atoms with van der Waals surface area (Å²) in [5.74, 6) is 2.06. The van der Waals surface area contributed by atoms with Crippen molar-refractivity contribution in [2.45, 2.75) is 20.8 Å². The Balaban J connectivity index is 1.80. The van der Waals surface area contributed by atoms with Gasteiger partial charge in [-0.2, -0.15) is 5.26 Å². The maximum absolute atomic E-state index is 9.64. The second-order valence-electron chi connectivity index (χ2n) is 6.23. The van der Waals surface area contributed by atoms with Gasteiger partial charge in [0.2, 0.25) is 0 Å². The van der Waals surface area contributed by atoms with Crippen LogP contribution in [-0.2, 0) is 0 Å². The van der Waals surface area contributed by atoms with Crippen LogP contribution in [0.25, 0.3) is 28.5 Å². The van der Waals surface area contributed by atoms with Crippen LogP contribution < -0.4 is 0 Å². The Morgan fingerprint density at radius 3 is 2.73 bits per heavy atom. The number of hydrogen-bond acceptors (Lipinski definition) is 4. The molecule has 3 heterocycles. The minimum Gasteiger partial charge on any atom is -0.360 e. The number of aromatic amines is 1. The van der Waals surface area contributed by atoms with E-state index >= 15 is 0 Å². The van der Waals surface area contributed by atoms with Gasteiger partial charge in [-0.15, -0.1) is 0 Å². The first-order chi connectivity index (χ1) is 12.6. The summed E-state index contributed by atoms with van der Waals surface area (Å²) in [7, 11) is 0. The highest BCUT2D eigenvalue weighted by Crippen LogP contribution is 2.25. The van der Waals surface area contributed by atoms with Crippen molar-refractivity contribution in [3.05, 3.63) is 64.9 Å². The molecule has 6 heteroatoms. The third kappa shape index (κ3) is 2.60. The molecular formula is C20H17N5O. The molecular weight excluding hydrogens is 326 g/mol. The number of nitrogens with one attached hydrogen (secondary N) is 1. The van der Waals surface area contributed by atoms with Crippen molar-refractivity contribution in [1.82, 2.24) is 19.7 Å². The quantitative estimate of drug-likeness (QED) is 0.561. The molecule has 26 heavy (non-hydrogen) atoms. The Morgan fingerprint density at radius 1 is 1.23 bits per heavy atom. The largest absolute Gasteiger partial charge is 0.360 e. The number of para-hydroxylation sites is 2. The molecule has 0 aliphatic rings. The van der Waals surface area contributed by atoms with E-state index in [1.165, 1.54) is 0 Å². The van der Waals surface area contributed by atoms with Crippen molar-refractivity contribution in [3.63, 3.8) is 0 Å². The number of imidazole rings is 1. The molecule has 0 bridgehead atoms. The molecule has 0 radical (unpaired) electrons. The van der Waals surface area contributed by atoms with Crippen molar-refractivity contribution in [1.29, 1.82) is 5.26 Å². The molecule has 0 amide bonds. The minimum atomic E-state index is 0.484. The standard InChI is InChI=1S/C20H17N5O/c1-12-8-15(14(3)25(12)19-9-13(2)26-24-19)10-16(11-21)20-22-17-6-4-5-7-18(17)23-20/h4-10H,1-3H3,(H,22,23)/b16-10+. The van der Waals surface area contributed by atoms with E-state index < -0.39 is 0 Å². The van der Waals surface area contributed by atoms with E-state index in [9.17, 15) is 5.26 Å². The Kier molecular flexibility index (Phi) is 3.70. The molecule has 4 aromatic rings. The molecule has 0 aliphatic heterocycles. The first-order valence-corrected chi connectivity index (χ1v) is 8.26. The molecule has 1 aromatic carbocycles. The van der Waals surface area contributed by atoms with Crippen molar-refractivity contribution in [2.75, 3.05) is 0 Å². The van der Waals surface area contributed by atoms with Crippen LogP contribution in [0.1, 0.15) is 28.5 Å². The Morgan fingerprint density at radius 2 is 2.04 bits per heavy atom. The molecule has 0 saturated carbocycles. The lowest BCUT2D eigenvalue weighted by atomic mass is 10.1. The summed E-state index contributed by atoms with van der Waals surface area (Å²) in [6.07, 6.45) is 1.85. The second-order valence-corrected chi connectivity index (χ2v) is 6.23. The number of aryl methyl sites for hydroxylation is 2. The van der Waals surface area contributed by atoms with E-state index in [0.29, 0.717) is 11.4 Å². The van der Waals surface area contributed by atoms with Gasteiger partial charge in [0.1, 0.15) is 17.7 Å². The van der Waals surface area contributed by atoms with Crippen LogP contribution in [0.2, 0.25) is 0 Å². The molecule has 0 fully saturated rings. The molecule has 0 unspecified atom stereocenters. The van der Waals surface area contributed by atoms with E-state index in [2.05, 4.69) is 21.2 Å². The second kappa shape index (κ2) is 6.05. The molecule has 3 aromatic heterocycles. The van der Waals surface area contributed by atoms with Crippen LogP contribution in [0.3, 0.4) is 0 Å². The number of allylic oxidation sites excluding steroid dienone is 1. The van der Waals surface area contributed by atoms with Crippen LogP contribution in [0.4, 0.5) is 0 Å². The SMILES string of the molecule is Cc1cc(-n2c(C)cc(/C=C(\C#N)c3nc4ccccc4[nH]3)c2C)no1. The van der Waals surface area contributed by atoms with E-state index in [-0.39, 0.29) is 0 Å². The van der Waals surface area contributed by atoms with Gasteiger partial charge in [0.15, 0.2) is 5.82 Å². The van der Waals surface area contributed by atoms with Gasteiger partial charge in [0.05, 0.1) is 16.6 Å². The van der Waals surface area contributed by atoms with Gasteiger partial charge in [0.25, 0.3) is 0 Å². The molecule has 4 rings (SSSR count). The summed E-state index contributed by atoms with van der Waals surface area (Å²) in [6, 6.07) is 13.9. The first kappa shape index (κ1) is 15.9. The maximum Gasteiger partial charge on any atom is 0.180 e. The normalized spacial score (nSPS) is 11.8. The van der Waals surface area contributed by atoms with Crippen LogP contribution in [0.15, 0.2) is 40.9 Å². The number of aromatic nitrogens is 4. The lowest BCUT2D eigenvalue weighted by Crippen LogP contribution is -1.99. The monoisotopic (exact) mass is 343 g/mol. The smallest absolute Gasteiger partial charge is 0.180 e. The van der Waals surface area contributed by atoms with Crippen LogP contribution in [0, 0.1) is 32.1 Å². The predicted octanol–water partition coefficient (Wildman–Crippen LogP) is 4.33. The van der Waals surface area contributed by atoms with Gasteiger partial charge in [-0.25, -0.2) is 4.98 Å². The van der Waals surface area contributed by atoms with E-state index in [1.807, 2.05) is 67.8 Å². The third-order valence-corrected chi connectivity index (χ3v) is 4.38. The third-order valence-electron chi connectivity index (χ3n) is 4.38. The summed E-state index contributed by atoms with van der Waals surface area (Å²) >= 11 is 0. The highest BCUT2D eigenvalue weighted by atomic mass is 16.5. The Labute approximate surface area is 150 Å². The van der Waals surface area contributed by atoms with Gasteiger partial charge in [-0.05, 0) is 50.6 Å². The van der Waals surface area contributed by atoms with Crippen LogP contribution in [-0.4, -0.2) is 19.7 Å². The fourth-order valence-corrected chi connectivity index (χ4v) is 3.13. The summed E-state index contributed by atoms with van der Waals surface area (Å²) in [6.45, 7) is 5.86. The zero-order valence-corrected chi connectivity index (χ0v) is 14.7. The van der Waals surface area contributed by atoms with Gasteiger partial charge < -0.3 is 9.51 Å². The molecule has 128 valence electrons. The van der Waals surface area contributed by atoms with Crippen molar-refractivity contribution in [3.8, 4) is 11.9 Å². The first-order valence-electron chi connectivity index (χ1n) is 8.26. The van der Waals surface area contributed by atoms with E-state index in [0.717, 1.165) is 39.6 Å². The van der Waals surface area contributed by atoms with Crippen molar-refractivity contribution >= 4 is 22.7 Å². The molecule has 0 aliphatic carbocycles. The molecule has 6 nitrogen and oxygen atoms in total. The highest BCUT2D eigenvalue weighted by molar-refractivity contribution is 5.90. The van der Waals surface area contributed by atoms with E-state index in [1.54, 1.807) is 0 Å². The van der Waals surface area contributed by atoms with Crippen LogP contribution >= 0.6 is 0 Å². The fraction of sp³-hybridized carbons (Fsp3) is 0.150. The highest BCUT2D eigenvalue weighted by Gasteiger charge is 2.14. The number of H-pyrrole nitrogens is 1. The average molecular weight is 343 g/mol. The minimum absolute atomic E-state index is 0.484. The Hall–Kier alpha value is -3.59. The lowest BCUT2D eigenvalue weighted by Gasteiger charge is -2.04. The summed E-state index contributed by atoms with van der Waals surface area (Å²) < 4.78 is 7.20. The predicted molar refractivity (Wildman–Crippen MR) is 99.6 cm³/mol. The number of benzene rings is 1. The molecule has 0 atom stereocenters. The Bertz CT molecular complexity index is 1150. The average Bonchev–Trinajstić information content (AvgIpc) is 3.30. The van der Waals surface area contributed by atoms with Crippen molar-refractivity contribution in [2.24, 2.45) is 0 Å². The number of fused-ring (bicyclic) bond motifs is 1. The summed E-state index contributed by atoms with van der Waals surface area (Å²) in [4.78, 5) is 7.73. The van der Waals surface area contributed by atoms with Gasteiger partial charge in [-0.1, -0.05) is 17.3 Å². The van der Waals surface area contributed by atoms with Crippen molar-refractivity contribution < 1.29 is 4.52 Å². The zero-order valence-electron chi connectivity index (χ0n) is 14.7. The maximum atomic E-state index is 9.64. The number of rotatable bonds is 3. The summed E-state index contributed by atoms with van der Waals surface area (Å²) in [5.41, 5.74) is 5.18. The molecule has 1 N–H and O–H groups in total. The van der Waals surface area contributed by atoms with E-state index in [4.69, 9.17) is 4.52 Å². The zero-order chi connectivity index (χ0) is 18.3. The number of nitriles is 1. The molecule has 0 spiro atoms. The lowest BCUT2D eigenvalue weighted by molar-refractivity contribution is 0.394. The fourth-order valence-electron chi connectivity index (χ4n) is 3.13. The topological polar surface area (TPSA) is 83.4 Å².